The van der Waals surface area contributed by atoms with Gasteiger partial charge < -0.3 is 19.5 Å². The SMILES string of the molecule is [N-]=[N+]=NCCOc1cccc(CSC[C@@H](COC=O)NC(=O)Cn2cc(COc3ccc4sc(S(N)(=O)=O)nc4c3)nn2)c1. The van der Waals surface area contributed by atoms with Gasteiger partial charge in [0.15, 0.2) is 0 Å². The van der Waals surface area contributed by atoms with Crippen LogP contribution in [-0.2, 0) is 43.3 Å². The largest absolute Gasteiger partial charge is 0.493 e. The lowest BCUT2D eigenvalue weighted by atomic mass is 10.2. The molecular weight excluding hydrogens is 635 g/mol. The summed E-state index contributed by atoms with van der Waals surface area (Å²) in [4.78, 5) is 30.2. The van der Waals surface area contributed by atoms with E-state index in [0.717, 1.165) is 16.9 Å². The molecular formula is C25H27N9O7S3. The van der Waals surface area contributed by atoms with Crippen LogP contribution in [0.25, 0.3) is 20.7 Å². The maximum absolute atomic E-state index is 12.7. The summed E-state index contributed by atoms with van der Waals surface area (Å²) in [7, 11) is -3.90. The molecule has 0 saturated heterocycles. The molecule has 232 valence electrons. The number of ether oxygens (including phenoxy) is 3. The number of rotatable bonds is 18. The molecule has 0 aliphatic carbocycles. The minimum Gasteiger partial charge on any atom is -0.493 e. The Labute approximate surface area is 259 Å². The molecule has 4 aromatic rings. The minimum atomic E-state index is -3.90. The monoisotopic (exact) mass is 661 g/mol. The maximum atomic E-state index is 12.7. The van der Waals surface area contributed by atoms with Gasteiger partial charge in [0.2, 0.25) is 10.2 Å². The van der Waals surface area contributed by atoms with Gasteiger partial charge in [0.05, 0.1) is 35.6 Å². The van der Waals surface area contributed by atoms with Crippen LogP contribution in [-0.4, -0.2) is 72.3 Å². The first-order valence-electron chi connectivity index (χ1n) is 12.8. The normalized spacial score (nSPS) is 11.8. The van der Waals surface area contributed by atoms with E-state index in [1.165, 1.54) is 4.68 Å². The van der Waals surface area contributed by atoms with Crippen LogP contribution in [0.1, 0.15) is 11.3 Å². The van der Waals surface area contributed by atoms with Gasteiger partial charge >= 0.3 is 0 Å². The number of aromatic nitrogens is 4. The van der Waals surface area contributed by atoms with E-state index in [0.29, 0.717) is 45.4 Å². The van der Waals surface area contributed by atoms with Gasteiger partial charge in [-0.25, -0.2) is 23.2 Å². The lowest BCUT2D eigenvalue weighted by molar-refractivity contribution is -0.131. The number of thioether (sulfide) groups is 1. The summed E-state index contributed by atoms with van der Waals surface area (Å²) in [5.74, 6) is 1.84. The second-order valence-corrected chi connectivity index (χ2v) is 12.8. The fraction of sp³-hybridized carbons (Fsp3) is 0.320. The van der Waals surface area contributed by atoms with E-state index in [1.807, 2.05) is 24.3 Å². The zero-order valence-corrected chi connectivity index (χ0v) is 25.5. The first-order chi connectivity index (χ1) is 21.2. The van der Waals surface area contributed by atoms with Crippen LogP contribution in [0.4, 0.5) is 0 Å². The Balaban J connectivity index is 1.24. The number of amides is 1. The summed E-state index contributed by atoms with van der Waals surface area (Å²) in [6, 6.07) is 12.0. The molecule has 2 aromatic carbocycles. The Hall–Kier alpha value is -4.42. The molecule has 0 aliphatic rings. The van der Waals surface area contributed by atoms with Crippen molar-refractivity contribution in [1.29, 1.82) is 0 Å². The Morgan fingerprint density at radius 2 is 2.09 bits per heavy atom. The van der Waals surface area contributed by atoms with Gasteiger partial charge in [0, 0.05) is 22.5 Å². The number of benzene rings is 2. The number of sulfonamides is 1. The summed E-state index contributed by atoms with van der Waals surface area (Å²) in [6.45, 7) is 0.764. The second-order valence-electron chi connectivity index (χ2n) is 9.01. The molecule has 0 aliphatic heterocycles. The zero-order chi connectivity index (χ0) is 31.4. The predicted molar refractivity (Wildman–Crippen MR) is 161 cm³/mol. The molecule has 2 aromatic heterocycles. The van der Waals surface area contributed by atoms with Gasteiger partial charge in [-0.1, -0.05) is 22.5 Å². The van der Waals surface area contributed by atoms with E-state index < -0.39 is 16.1 Å². The Kier molecular flexibility index (Phi) is 11.7. The molecule has 1 atom stereocenters. The summed E-state index contributed by atoms with van der Waals surface area (Å²) in [5.41, 5.74) is 10.2. The molecule has 0 spiro atoms. The molecule has 4 rings (SSSR count). The number of nitrogens with zero attached hydrogens (tertiary/aromatic N) is 7. The predicted octanol–water partition coefficient (Wildman–Crippen LogP) is 2.39. The van der Waals surface area contributed by atoms with Gasteiger partial charge in [-0.15, -0.1) is 16.4 Å². The van der Waals surface area contributed by atoms with Crippen LogP contribution in [0.5, 0.6) is 11.5 Å². The zero-order valence-electron chi connectivity index (χ0n) is 23.0. The third kappa shape index (κ3) is 10.1. The van der Waals surface area contributed by atoms with Gasteiger partial charge in [0.25, 0.3) is 16.5 Å². The van der Waals surface area contributed by atoms with Crippen LogP contribution < -0.4 is 19.9 Å². The topological polar surface area (TPSA) is 226 Å². The van der Waals surface area contributed by atoms with Crippen molar-refractivity contribution in [3.05, 3.63) is 70.4 Å². The molecule has 0 unspecified atom stereocenters. The maximum Gasteiger partial charge on any atom is 0.293 e. The highest BCUT2D eigenvalue weighted by Gasteiger charge is 2.16. The van der Waals surface area contributed by atoms with Gasteiger partial charge in [-0.05, 0) is 35.4 Å². The number of thiazole rings is 1. The van der Waals surface area contributed by atoms with Crippen LogP contribution in [0, 0.1) is 0 Å². The van der Waals surface area contributed by atoms with E-state index in [2.05, 4.69) is 30.6 Å². The van der Waals surface area contributed by atoms with Crippen LogP contribution in [0.3, 0.4) is 0 Å². The summed E-state index contributed by atoms with van der Waals surface area (Å²) in [5, 5.41) is 19.4. The fourth-order valence-electron chi connectivity index (χ4n) is 3.74. The van der Waals surface area contributed by atoms with Crippen molar-refractivity contribution >= 4 is 55.7 Å². The number of hydrogen-bond donors (Lipinski definition) is 2. The Morgan fingerprint density at radius 3 is 2.89 bits per heavy atom. The van der Waals surface area contributed by atoms with E-state index in [9.17, 15) is 18.0 Å². The van der Waals surface area contributed by atoms with Crippen LogP contribution >= 0.6 is 23.1 Å². The van der Waals surface area contributed by atoms with Crippen molar-refractivity contribution in [1.82, 2.24) is 25.3 Å². The molecule has 3 N–H and O–H groups in total. The van der Waals surface area contributed by atoms with Gasteiger partial charge in [-0.2, -0.15) is 11.8 Å². The Morgan fingerprint density at radius 1 is 1.25 bits per heavy atom. The lowest BCUT2D eigenvalue weighted by Gasteiger charge is -2.17. The first-order valence-corrected chi connectivity index (χ1v) is 16.4. The highest BCUT2D eigenvalue weighted by molar-refractivity contribution is 7.98. The van der Waals surface area contributed by atoms with Gasteiger partial charge in [-0.3, -0.25) is 9.59 Å². The van der Waals surface area contributed by atoms with Crippen molar-refractivity contribution in [2.24, 2.45) is 10.3 Å². The lowest BCUT2D eigenvalue weighted by Crippen LogP contribution is -2.41. The standard InChI is InChI=1S/C25H27N9O7S3/c26-32-28-6-7-40-20-3-1-2-17(8-20)14-42-15-19(12-39-16-35)29-24(36)11-34-10-18(31-33-34)13-41-21-4-5-23-22(9-21)30-25(43-23)44(27,37)38/h1-5,8-10,16,19H,6-7,11-15H2,(H,29,36)(H2,27,37,38)/t19-/m1/s1. The molecule has 2 heterocycles. The third-order valence-electron chi connectivity index (χ3n) is 5.60. The smallest absolute Gasteiger partial charge is 0.293 e. The average molecular weight is 662 g/mol. The highest BCUT2D eigenvalue weighted by Crippen LogP contribution is 2.28. The summed E-state index contributed by atoms with van der Waals surface area (Å²) >= 11 is 2.51. The fourth-order valence-corrected chi connectivity index (χ4v) is 6.37. The number of carbonyl (C=O) groups is 2. The van der Waals surface area contributed by atoms with Crippen LogP contribution in [0.15, 0.2) is 58.1 Å². The second kappa shape index (κ2) is 15.9. The van der Waals surface area contributed by atoms with Crippen molar-refractivity contribution in [3.63, 3.8) is 0 Å². The quantitative estimate of drug-likeness (QED) is 0.0517. The molecule has 16 nitrogen and oxygen atoms in total. The highest BCUT2D eigenvalue weighted by atomic mass is 32.2. The molecule has 1 amide bonds. The number of hydrogen-bond acceptors (Lipinski definition) is 13. The molecule has 0 bridgehead atoms. The van der Waals surface area contributed by atoms with E-state index in [-0.39, 0.29) is 43.2 Å². The van der Waals surface area contributed by atoms with E-state index >= 15 is 0 Å². The van der Waals surface area contributed by atoms with E-state index in [4.69, 9.17) is 24.9 Å². The summed E-state index contributed by atoms with van der Waals surface area (Å²) < 4.78 is 41.1. The van der Waals surface area contributed by atoms with Crippen molar-refractivity contribution in [2.45, 2.75) is 29.3 Å². The Bertz CT molecular complexity index is 1740. The number of carbonyl (C=O) groups excluding carboxylic acids is 2. The van der Waals surface area contributed by atoms with Gasteiger partial charge in [0.1, 0.15) is 37.0 Å². The van der Waals surface area contributed by atoms with Crippen LogP contribution in [0.2, 0.25) is 0 Å². The number of primary sulfonamides is 1. The summed E-state index contributed by atoms with van der Waals surface area (Å²) in [6.07, 6.45) is 1.56. The molecule has 0 saturated carbocycles. The number of nitrogens with two attached hydrogens (primary N) is 1. The van der Waals surface area contributed by atoms with Crippen molar-refractivity contribution < 1.29 is 32.2 Å². The van der Waals surface area contributed by atoms with E-state index in [1.54, 1.807) is 36.2 Å². The number of nitrogens with one attached hydrogen (secondary N) is 1. The number of fused-ring (bicyclic) bond motifs is 1. The minimum absolute atomic E-state index is 0.00326. The third-order valence-corrected chi connectivity index (χ3v) is 9.13. The molecule has 0 radical (unpaired) electrons. The molecule has 0 fully saturated rings. The van der Waals surface area contributed by atoms with Crippen molar-refractivity contribution in [3.8, 4) is 11.5 Å². The van der Waals surface area contributed by atoms with Crippen molar-refractivity contribution in [2.75, 3.05) is 25.5 Å². The molecule has 19 heteroatoms. The number of azide groups is 1. The molecule has 44 heavy (non-hydrogen) atoms. The average Bonchev–Trinajstić information content (AvgIpc) is 3.64. The first kappa shape index (κ1) is 32.5.